The van der Waals surface area contributed by atoms with Crippen molar-refractivity contribution in [1.82, 2.24) is 0 Å². The Morgan fingerprint density at radius 3 is 2.25 bits per heavy atom. The van der Waals surface area contributed by atoms with Gasteiger partial charge in [0.2, 0.25) is 0 Å². The predicted molar refractivity (Wildman–Crippen MR) is 104 cm³/mol. The van der Waals surface area contributed by atoms with E-state index in [1.54, 1.807) is 18.3 Å². The summed E-state index contributed by atoms with van der Waals surface area (Å²) in [5.41, 5.74) is 1.40. The fourth-order valence-corrected chi connectivity index (χ4v) is 3.31. The molecular formula is C19H13Br2NO2. The number of hydrogen-bond acceptors (Lipinski definition) is 3. The van der Waals surface area contributed by atoms with Crippen molar-refractivity contribution in [3.8, 4) is 17.2 Å². The average molecular weight is 447 g/mol. The van der Waals surface area contributed by atoms with Gasteiger partial charge in [0.15, 0.2) is 0 Å². The van der Waals surface area contributed by atoms with Gasteiger partial charge in [0.25, 0.3) is 0 Å². The molecule has 0 saturated heterocycles. The standard InChI is InChI=1S/C19H13Br2NO2/c20-14-10-13(19(23)18(21)11-14)12-22-15-6-8-17(9-7-15)24-16-4-2-1-3-5-16/h1-12,23H. The number of phenolic OH excluding ortho intramolecular Hbond substituents is 1. The van der Waals surface area contributed by atoms with Crippen molar-refractivity contribution in [3.05, 3.63) is 81.2 Å². The molecule has 0 saturated carbocycles. The summed E-state index contributed by atoms with van der Waals surface area (Å²) in [5.74, 6) is 1.69. The number of benzene rings is 3. The van der Waals surface area contributed by atoms with Gasteiger partial charge in [-0.2, -0.15) is 0 Å². The molecule has 0 aliphatic rings. The molecule has 0 aromatic heterocycles. The minimum atomic E-state index is 0.158. The quantitative estimate of drug-likeness (QED) is 0.467. The van der Waals surface area contributed by atoms with Gasteiger partial charge in [0.1, 0.15) is 17.2 Å². The van der Waals surface area contributed by atoms with Crippen LogP contribution in [0.1, 0.15) is 5.56 Å². The molecule has 3 rings (SSSR count). The molecule has 5 heteroatoms. The summed E-state index contributed by atoms with van der Waals surface area (Å²) in [6, 6.07) is 20.6. The lowest BCUT2D eigenvalue weighted by Gasteiger charge is -2.05. The van der Waals surface area contributed by atoms with E-state index >= 15 is 0 Å². The summed E-state index contributed by atoms with van der Waals surface area (Å²) in [6.45, 7) is 0. The van der Waals surface area contributed by atoms with Crippen molar-refractivity contribution in [3.63, 3.8) is 0 Å². The van der Waals surface area contributed by atoms with Gasteiger partial charge in [-0.1, -0.05) is 34.1 Å². The number of para-hydroxylation sites is 1. The minimum absolute atomic E-state index is 0.158. The third-order valence-corrected chi connectivity index (χ3v) is 4.29. The fourth-order valence-electron chi connectivity index (χ4n) is 2.05. The van der Waals surface area contributed by atoms with E-state index in [4.69, 9.17) is 4.74 Å². The molecule has 0 spiro atoms. The van der Waals surface area contributed by atoms with Crippen LogP contribution in [-0.2, 0) is 0 Å². The van der Waals surface area contributed by atoms with E-state index in [1.165, 1.54) is 0 Å². The molecule has 0 radical (unpaired) electrons. The van der Waals surface area contributed by atoms with Gasteiger partial charge < -0.3 is 9.84 Å². The van der Waals surface area contributed by atoms with Crippen molar-refractivity contribution in [2.24, 2.45) is 4.99 Å². The molecule has 0 aliphatic heterocycles. The van der Waals surface area contributed by atoms with Crippen molar-refractivity contribution < 1.29 is 9.84 Å². The molecule has 0 unspecified atom stereocenters. The van der Waals surface area contributed by atoms with Crippen LogP contribution in [0.3, 0.4) is 0 Å². The zero-order chi connectivity index (χ0) is 16.9. The maximum Gasteiger partial charge on any atom is 0.138 e. The minimum Gasteiger partial charge on any atom is -0.506 e. The Hall–Kier alpha value is -2.11. The molecule has 0 heterocycles. The first-order chi connectivity index (χ1) is 11.6. The number of hydrogen-bond donors (Lipinski definition) is 1. The van der Waals surface area contributed by atoms with E-state index < -0.39 is 0 Å². The zero-order valence-corrected chi connectivity index (χ0v) is 15.7. The lowest BCUT2D eigenvalue weighted by atomic mass is 10.2. The molecule has 0 atom stereocenters. The predicted octanol–water partition coefficient (Wildman–Crippen LogP) is 6.46. The van der Waals surface area contributed by atoms with E-state index in [0.29, 0.717) is 10.0 Å². The van der Waals surface area contributed by atoms with E-state index in [2.05, 4.69) is 36.9 Å². The maximum absolute atomic E-state index is 10.0. The molecule has 24 heavy (non-hydrogen) atoms. The van der Waals surface area contributed by atoms with Crippen LogP contribution in [0.5, 0.6) is 17.2 Å². The summed E-state index contributed by atoms with van der Waals surface area (Å²) in [6.07, 6.45) is 1.62. The molecule has 0 fully saturated rings. The molecule has 120 valence electrons. The molecule has 1 N–H and O–H groups in total. The highest BCUT2D eigenvalue weighted by molar-refractivity contribution is 9.11. The van der Waals surface area contributed by atoms with Crippen molar-refractivity contribution in [2.45, 2.75) is 0 Å². The first kappa shape index (κ1) is 16.7. The number of rotatable bonds is 4. The molecule has 3 nitrogen and oxygen atoms in total. The molecule has 0 bridgehead atoms. The van der Waals surface area contributed by atoms with Crippen molar-refractivity contribution >= 4 is 43.8 Å². The summed E-state index contributed by atoms with van der Waals surface area (Å²) in [7, 11) is 0. The lowest BCUT2D eigenvalue weighted by Crippen LogP contribution is -1.85. The Kier molecular flexibility index (Phi) is 5.33. The smallest absolute Gasteiger partial charge is 0.138 e. The highest BCUT2D eigenvalue weighted by Gasteiger charge is 2.05. The number of aliphatic imine (C=N–C) groups is 1. The van der Waals surface area contributed by atoms with Crippen LogP contribution >= 0.6 is 31.9 Å². The van der Waals surface area contributed by atoms with Crippen LogP contribution in [0.4, 0.5) is 5.69 Å². The Balaban J connectivity index is 1.75. The van der Waals surface area contributed by atoms with Gasteiger partial charge in [-0.15, -0.1) is 0 Å². The Bertz CT molecular complexity index is 863. The third kappa shape index (κ3) is 4.24. The van der Waals surface area contributed by atoms with E-state index in [9.17, 15) is 5.11 Å². The summed E-state index contributed by atoms with van der Waals surface area (Å²) in [5, 5.41) is 10.0. The van der Waals surface area contributed by atoms with Crippen molar-refractivity contribution in [2.75, 3.05) is 0 Å². The van der Waals surface area contributed by atoms with Crippen LogP contribution < -0.4 is 4.74 Å². The van der Waals surface area contributed by atoms with Crippen LogP contribution in [0, 0.1) is 0 Å². The Labute approximate surface area is 156 Å². The van der Waals surface area contributed by atoms with Crippen molar-refractivity contribution in [1.29, 1.82) is 0 Å². The van der Waals surface area contributed by atoms with Gasteiger partial charge in [0, 0.05) is 16.3 Å². The SMILES string of the molecule is Oc1c(Br)cc(Br)cc1C=Nc1ccc(Oc2ccccc2)cc1. The second-order valence-electron chi connectivity index (χ2n) is 4.99. The lowest BCUT2D eigenvalue weighted by molar-refractivity contribution is 0.471. The molecule has 0 aliphatic carbocycles. The largest absolute Gasteiger partial charge is 0.506 e. The highest BCUT2D eigenvalue weighted by atomic mass is 79.9. The van der Waals surface area contributed by atoms with E-state index in [0.717, 1.165) is 21.7 Å². The Morgan fingerprint density at radius 1 is 0.875 bits per heavy atom. The normalized spacial score (nSPS) is 10.9. The maximum atomic E-state index is 10.0. The third-order valence-electron chi connectivity index (χ3n) is 3.23. The van der Waals surface area contributed by atoms with Gasteiger partial charge in [-0.25, -0.2) is 0 Å². The topological polar surface area (TPSA) is 41.8 Å². The summed E-state index contributed by atoms with van der Waals surface area (Å²) < 4.78 is 7.22. The molecular weight excluding hydrogens is 434 g/mol. The molecule has 0 amide bonds. The van der Waals surface area contributed by atoms with E-state index in [1.807, 2.05) is 54.6 Å². The molecule has 3 aromatic carbocycles. The number of ether oxygens (including phenoxy) is 1. The second kappa shape index (κ2) is 7.64. The highest BCUT2D eigenvalue weighted by Crippen LogP contribution is 2.31. The number of halogens is 2. The number of nitrogens with zero attached hydrogens (tertiary/aromatic N) is 1. The first-order valence-electron chi connectivity index (χ1n) is 7.17. The monoisotopic (exact) mass is 445 g/mol. The second-order valence-corrected chi connectivity index (χ2v) is 6.76. The van der Waals surface area contributed by atoms with Gasteiger partial charge >= 0.3 is 0 Å². The van der Waals surface area contributed by atoms with Crippen LogP contribution in [0.25, 0.3) is 0 Å². The first-order valence-corrected chi connectivity index (χ1v) is 8.75. The summed E-state index contributed by atoms with van der Waals surface area (Å²) >= 11 is 6.70. The van der Waals surface area contributed by atoms with Crippen LogP contribution in [0.15, 0.2) is 80.7 Å². The number of aromatic hydroxyl groups is 1. The van der Waals surface area contributed by atoms with E-state index in [-0.39, 0.29) is 5.75 Å². The van der Waals surface area contributed by atoms with Gasteiger partial charge in [-0.05, 0) is 64.5 Å². The van der Waals surface area contributed by atoms with Gasteiger partial charge in [-0.3, -0.25) is 4.99 Å². The van der Waals surface area contributed by atoms with Gasteiger partial charge in [0.05, 0.1) is 10.2 Å². The summed E-state index contributed by atoms with van der Waals surface area (Å²) in [4.78, 5) is 4.39. The molecule has 3 aromatic rings. The fraction of sp³-hybridized carbons (Fsp3) is 0. The van der Waals surface area contributed by atoms with Crippen LogP contribution in [0.2, 0.25) is 0 Å². The zero-order valence-electron chi connectivity index (χ0n) is 12.5. The number of phenols is 1. The Morgan fingerprint density at radius 2 is 1.54 bits per heavy atom. The van der Waals surface area contributed by atoms with Crippen LogP contribution in [-0.4, -0.2) is 11.3 Å². The average Bonchev–Trinajstić information content (AvgIpc) is 2.59.